The van der Waals surface area contributed by atoms with E-state index in [9.17, 15) is 0 Å². The standard InChI is InChI=1S/C14H18N4/c1-17-7-9-18(10-8-17)12-4-2-3-11-5-6-13(15)16-14(11)12/h2-6H,7-10H2,1H3,(H2,15,16). The van der Waals surface area contributed by atoms with Crippen LogP contribution in [0, 0.1) is 0 Å². The molecule has 0 aliphatic carbocycles. The summed E-state index contributed by atoms with van der Waals surface area (Å²) in [5.41, 5.74) is 8.02. The smallest absolute Gasteiger partial charge is 0.124 e. The van der Waals surface area contributed by atoms with E-state index in [0.717, 1.165) is 37.1 Å². The summed E-state index contributed by atoms with van der Waals surface area (Å²) in [5, 5.41) is 1.15. The molecule has 4 heteroatoms. The Hall–Kier alpha value is -1.81. The summed E-state index contributed by atoms with van der Waals surface area (Å²) in [6.07, 6.45) is 0. The molecule has 1 fully saturated rings. The lowest BCUT2D eigenvalue weighted by molar-refractivity contribution is 0.313. The number of pyridine rings is 1. The highest BCUT2D eigenvalue weighted by Gasteiger charge is 2.16. The minimum atomic E-state index is 0.587. The van der Waals surface area contributed by atoms with Gasteiger partial charge < -0.3 is 15.5 Å². The molecule has 0 spiro atoms. The van der Waals surface area contributed by atoms with Crippen LogP contribution in [0.2, 0.25) is 0 Å². The molecule has 4 nitrogen and oxygen atoms in total. The first-order valence-electron chi connectivity index (χ1n) is 6.33. The van der Waals surface area contributed by atoms with Crippen LogP contribution >= 0.6 is 0 Å². The number of rotatable bonds is 1. The Labute approximate surface area is 107 Å². The van der Waals surface area contributed by atoms with E-state index in [1.165, 1.54) is 5.69 Å². The molecule has 0 bridgehead atoms. The van der Waals surface area contributed by atoms with Crippen molar-refractivity contribution in [3.05, 3.63) is 30.3 Å². The van der Waals surface area contributed by atoms with Gasteiger partial charge in [-0.05, 0) is 25.2 Å². The van der Waals surface area contributed by atoms with Crippen molar-refractivity contribution in [2.45, 2.75) is 0 Å². The summed E-state index contributed by atoms with van der Waals surface area (Å²) >= 11 is 0. The van der Waals surface area contributed by atoms with Crippen LogP contribution in [-0.4, -0.2) is 43.1 Å². The van der Waals surface area contributed by atoms with Gasteiger partial charge in [-0.15, -0.1) is 0 Å². The number of anilines is 2. The third kappa shape index (κ3) is 1.99. The third-order valence-electron chi connectivity index (χ3n) is 3.56. The Balaban J connectivity index is 2.03. The molecule has 0 unspecified atom stereocenters. The van der Waals surface area contributed by atoms with Gasteiger partial charge in [0.25, 0.3) is 0 Å². The molecule has 2 heterocycles. The second-order valence-corrected chi connectivity index (χ2v) is 4.88. The molecule has 2 N–H and O–H groups in total. The number of nitrogen functional groups attached to an aromatic ring is 1. The van der Waals surface area contributed by atoms with Crippen LogP contribution in [0.3, 0.4) is 0 Å². The number of piperazine rings is 1. The van der Waals surface area contributed by atoms with Crippen molar-refractivity contribution in [3.8, 4) is 0 Å². The van der Waals surface area contributed by atoms with Gasteiger partial charge in [0, 0.05) is 31.6 Å². The van der Waals surface area contributed by atoms with Crippen LogP contribution in [0.5, 0.6) is 0 Å². The highest BCUT2D eigenvalue weighted by molar-refractivity contribution is 5.91. The predicted molar refractivity (Wildman–Crippen MR) is 75.9 cm³/mol. The minimum Gasteiger partial charge on any atom is -0.384 e. The van der Waals surface area contributed by atoms with Gasteiger partial charge in [-0.2, -0.15) is 0 Å². The van der Waals surface area contributed by atoms with Gasteiger partial charge in [0.15, 0.2) is 0 Å². The summed E-state index contributed by atoms with van der Waals surface area (Å²) in [7, 11) is 2.16. The van der Waals surface area contributed by atoms with Crippen molar-refractivity contribution in [2.24, 2.45) is 0 Å². The van der Waals surface area contributed by atoms with E-state index < -0.39 is 0 Å². The van der Waals surface area contributed by atoms with E-state index in [2.05, 4.69) is 40.0 Å². The maximum atomic E-state index is 5.81. The van der Waals surface area contributed by atoms with Crippen molar-refractivity contribution in [1.82, 2.24) is 9.88 Å². The number of fused-ring (bicyclic) bond motifs is 1. The topological polar surface area (TPSA) is 45.4 Å². The van der Waals surface area contributed by atoms with Gasteiger partial charge in [-0.25, -0.2) is 4.98 Å². The van der Waals surface area contributed by atoms with E-state index in [1.54, 1.807) is 0 Å². The number of hydrogen-bond acceptors (Lipinski definition) is 4. The van der Waals surface area contributed by atoms with Gasteiger partial charge >= 0.3 is 0 Å². The molecule has 18 heavy (non-hydrogen) atoms. The number of benzene rings is 1. The molecule has 0 saturated carbocycles. The fraction of sp³-hybridized carbons (Fsp3) is 0.357. The van der Waals surface area contributed by atoms with Crippen molar-refractivity contribution < 1.29 is 0 Å². The fourth-order valence-corrected chi connectivity index (χ4v) is 2.45. The van der Waals surface area contributed by atoms with Crippen molar-refractivity contribution in [1.29, 1.82) is 0 Å². The summed E-state index contributed by atoms with van der Waals surface area (Å²) in [5.74, 6) is 0.587. The molecule has 0 atom stereocenters. The quantitative estimate of drug-likeness (QED) is 0.824. The zero-order valence-corrected chi connectivity index (χ0v) is 10.6. The molecule has 0 amide bonds. The first kappa shape index (κ1) is 11.3. The maximum absolute atomic E-state index is 5.81. The number of likely N-dealkylation sites (N-methyl/N-ethyl adjacent to an activating group) is 1. The summed E-state index contributed by atoms with van der Waals surface area (Å²) < 4.78 is 0. The van der Waals surface area contributed by atoms with Crippen LogP contribution < -0.4 is 10.6 Å². The Kier molecular flexibility index (Phi) is 2.80. The zero-order valence-electron chi connectivity index (χ0n) is 10.6. The van der Waals surface area contributed by atoms with Gasteiger partial charge in [0.2, 0.25) is 0 Å². The number of para-hydroxylation sites is 1. The van der Waals surface area contributed by atoms with Gasteiger partial charge in [0.05, 0.1) is 11.2 Å². The van der Waals surface area contributed by atoms with Crippen LogP contribution in [0.15, 0.2) is 30.3 Å². The molecular formula is C14H18N4. The normalized spacial score (nSPS) is 17.3. The van der Waals surface area contributed by atoms with E-state index in [1.807, 2.05) is 12.1 Å². The Morgan fingerprint density at radius 2 is 1.83 bits per heavy atom. The molecule has 0 radical (unpaired) electrons. The molecule has 1 aromatic carbocycles. The van der Waals surface area contributed by atoms with E-state index in [4.69, 9.17) is 5.73 Å². The highest BCUT2D eigenvalue weighted by atomic mass is 15.2. The fourth-order valence-electron chi connectivity index (χ4n) is 2.45. The summed E-state index contributed by atoms with van der Waals surface area (Å²) in [6.45, 7) is 4.29. The second-order valence-electron chi connectivity index (χ2n) is 4.88. The minimum absolute atomic E-state index is 0.587. The molecule has 1 aromatic heterocycles. The molecular weight excluding hydrogens is 224 g/mol. The molecule has 1 aliphatic rings. The van der Waals surface area contributed by atoms with E-state index in [0.29, 0.717) is 5.82 Å². The average molecular weight is 242 g/mol. The average Bonchev–Trinajstić information content (AvgIpc) is 2.39. The largest absolute Gasteiger partial charge is 0.384 e. The van der Waals surface area contributed by atoms with Crippen LogP contribution in [0.4, 0.5) is 11.5 Å². The first-order chi connectivity index (χ1) is 8.74. The van der Waals surface area contributed by atoms with Crippen molar-refractivity contribution >= 4 is 22.4 Å². The third-order valence-corrected chi connectivity index (χ3v) is 3.56. The predicted octanol–water partition coefficient (Wildman–Crippen LogP) is 1.57. The Bertz CT molecular complexity index is 559. The van der Waals surface area contributed by atoms with Gasteiger partial charge in [-0.3, -0.25) is 0 Å². The summed E-state index contributed by atoms with van der Waals surface area (Å²) in [4.78, 5) is 9.24. The van der Waals surface area contributed by atoms with E-state index in [-0.39, 0.29) is 0 Å². The van der Waals surface area contributed by atoms with Gasteiger partial charge in [-0.1, -0.05) is 12.1 Å². The Morgan fingerprint density at radius 1 is 1.06 bits per heavy atom. The van der Waals surface area contributed by atoms with Crippen molar-refractivity contribution in [2.75, 3.05) is 43.9 Å². The second kappa shape index (κ2) is 4.46. The monoisotopic (exact) mass is 242 g/mol. The molecule has 1 saturated heterocycles. The van der Waals surface area contributed by atoms with Crippen LogP contribution in [-0.2, 0) is 0 Å². The van der Waals surface area contributed by atoms with Gasteiger partial charge in [0.1, 0.15) is 5.82 Å². The number of hydrogen-bond donors (Lipinski definition) is 1. The zero-order chi connectivity index (χ0) is 12.5. The molecule has 3 rings (SSSR count). The lowest BCUT2D eigenvalue weighted by Gasteiger charge is -2.34. The van der Waals surface area contributed by atoms with Crippen LogP contribution in [0.1, 0.15) is 0 Å². The summed E-state index contributed by atoms with van der Waals surface area (Å²) in [6, 6.07) is 10.2. The maximum Gasteiger partial charge on any atom is 0.124 e. The molecule has 1 aliphatic heterocycles. The first-order valence-corrected chi connectivity index (χ1v) is 6.33. The lowest BCUT2D eigenvalue weighted by atomic mass is 10.1. The van der Waals surface area contributed by atoms with Crippen molar-refractivity contribution in [3.63, 3.8) is 0 Å². The molecule has 2 aromatic rings. The highest BCUT2D eigenvalue weighted by Crippen LogP contribution is 2.26. The lowest BCUT2D eigenvalue weighted by Crippen LogP contribution is -2.44. The number of nitrogens with two attached hydrogens (primary N) is 1. The number of aromatic nitrogens is 1. The van der Waals surface area contributed by atoms with E-state index >= 15 is 0 Å². The number of nitrogens with zero attached hydrogens (tertiary/aromatic N) is 3. The molecule has 94 valence electrons. The van der Waals surface area contributed by atoms with Crippen LogP contribution in [0.25, 0.3) is 10.9 Å². The SMILES string of the molecule is CN1CCN(c2cccc3ccc(N)nc23)CC1. The Morgan fingerprint density at radius 3 is 2.61 bits per heavy atom.